The van der Waals surface area contributed by atoms with E-state index in [9.17, 15) is 4.79 Å². The number of rotatable bonds is 3. The first-order valence-corrected chi connectivity index (χ1v) is 7.44. The Hall–Kier alpha value is -1.46. The summed E-state index contributed by atoms with van der Waals surface area (Å²) in [7, 11) is 0. The summed E-state index contributed by atoms with van der Waals surface area (Å²) in [6, 6.07) is -0.963. The summed E-state index contributed by atoms with van der Waals surface area (Å²) in [6.45, 7) is 3.93. The minimum absolute atomic E-state index is 0.0252. The number of hydrogen-bond donors (Lipinski definition) is 2. The molecule has 3 unspecified atom stereocenters. The predicted molar refractivity (Wildman–Crippen MR) is 78.4 cm³/mol. The molecule has 0 bridgehead atoms. The van der Waals surface area contributed by atoms with Crippen LogP contribution in [-0.4, -0.2) is 29.3 Å². The second-order valence-corrected chi connectivity index (χ2v) is 6.20. The zero-order chi connectivity index (χ0) is 15.3. The Balaban J connectivity index is 2.12. The van der Waals surface area contributed by atoms with Crippen LogP contribution in [0.15, 0.2) is 0 Å². The van der Waals surface area contributed by atoms with Crippen LogP contribution in [-0.2, 0) is 24.1 Å². The van der Waals surface area contributed by atoms with Gasteiger partial charge in [-0.3, -0.25) is 4.79 Å². The van der Waals surface area contributed by atoms with Crippen molar-refractivity contribution < 1.29 is 19.4 Å². The van der Waals surface area contributed by atoms with Gasteiger partial charge in [-0.15, -0.1) is 0 Å². The molecule has 1 aromatic rings. The molecule has 3 rings (SSSR count). The molecule has 0 saturated carbocycles. The first-order valence-electron chi connectivity index (χ1n) is 7.06. The molecule has 0 amide bonds. The third-order valence-corrected chi connectivity index (χ3v) is 4.41. The van der Waals surface area contributed by atoms with E-state index in [1.54, 1.807) is 0 Å². The fourth-order valence-corrected chi connectivity index (χ4v) is 3.39. The average molecular weight is 312 g/mol. The quantitative estimate of drug-likeness (QED) is 0.891. The Morgan fingerprint density at radius 1 is 1.29 bits per heavy atom. The third-order valence-electron chi connectivity index (χ3n) is 4.01. The van der Waals surface area contributed by atoms with Gasteiger partial charge in [0.2, 0.25) is 0 Å². The molecule has 6 heteroatoms. The van der Waals surface area contributed by atoms with Crippen LogP contribution >= 0.6 is 11.6 Å². The summed E-state index contributed by atoms with van der Waals surface area (Å²) in [5.74, 6) is 0.360. The van der Waals surface area contributed by atoms with Crippen molar-refractivity contribution in [3.63, 3.8) is 0 Å². The third kappa shape index (κ3) is 2.34. The van der Waals surface area contributed by atoms with Crippen molar-refractivity contribution in [1.29, 1.82) is 0 Å². The van der Waals surface area contributed by atoms with Crippen molar-refractivity contribution >= 4 is 17.6 Å². The number of carbonyl (C=O) groups is 1. The number of benzene rings is 1. The largest absolute Gasteiger partial charge is 0.490 e. The van der Waals surface area contributed by atoms with E-state index >= 15 is 0 Å². The number of carboxylic acid groups (broad SMARTS) is 1. The number of fused-ring (bicyclic) bond motifs is 2. The predicted octanol–water partition coefficient (Wildman–Crippen LogP) is 1.94. The molecule has 5 nitrogen and oxygen atoms in total. The van der Waals surface area contributed by atoms with Crippen LogP contribution in [0.3, 0.4) is 0 Å². The van der Waals surface area contributed by atoms with E-state index in [0.717, 1.165) is 16.7 Å². The van der Waals surface area contributed by atoms with E-state index < -0.39 is 12.0 Å². The SMILES string of the molecule is CC1Cc2c(CC(N)C(=O)O)c3c(c(Cl)c2O1)CC(C)O3. The molecular formula is C15H18ClNO4. The van der Waals surface area contributed by atoms with Gasteiger partial charge < -0.3 is 20.3 Å². The van der Waals surface area contributed by atoms with Gasteiger partial charge in [-0.25, -0.2) is 0 Å². The van der Waals surface area contributed by atoms with Crippen LogP contribution in [0.5, 0.6) is 11.5 Å². The summed E-state index contributed by atoms with van der Waals surface area (Å²) in [6.07, 6.45) is 1.67. The first-order chi connectivity index (χ1) is 9.88. The van der Waals surface area contributed by atoms with Crippen molar-refractivity contribution in [3.8, 4) is 11.5 Å². The minimum atomic E-state index is -1.02. The Bertz CT molecular complexity index is 577. The van der Waals surface area contributed by atoms with Crippen LogP contribution in [0.2, 0.25) is 5.02 Å². The number of carboxylic acids is 1. The summed E-state index contributed by atoms with van der Waals surface area (Å²) >= 11 is 6.45. The standard InChI is InChI=1S/C15H18ClNO4/c1-6-3-8-9(5-11(17)15(18)19)13-10(4-7(2)20-13)12(16)14(8)21-6/h6-7,11H,3-5,17H2,1-2H3,(H,18,19). The average Bonchev–Trinajstić information content (AvgIpc) is 2.97. The van der Waals surface area contributed by atoms with E-state index in [4.69, 9.17) is 31.9 Å². The van der Waals surface area contributed by atoms with Crippen molar-refractivity contribution in [1.82, 2.24) is 0 Å². The molecule has 1 aromatic carbocycles. The van der Waals surface area contributed by atoms with Gasteiger partial charge in [0.25, 0.3) is 0 Å². The zero-order valence-corrected chi connectivity index (χ0v) is 12.7. The molecular weight excluding hydrogens is 294 g/mol. The minimum Gasteiger partial charge on any atom is -0.490 e. The summed E-state index contributed by atoms with van der Waals surface area (Å²) in [5, 5.41) is 9.67. The highest BCUT2D eigenvalue weighted by Crippen LogP contribution is 2.49. The maximum atomic E-state index is 11.1. The lowest BCUT2D eigenvalue weighted by Gasteiger charge is -2.16. The van der Waals surface area contributed by atoms with Crippen molar-refractivity contribution in [3.05, 3.63) is 21.7 Å². The van der Waals surface area contributed by atoms with E-state index in [1.165, 1.54) is 0 Å². The second-order valence-electron chi connectivity index (χ2n) is 5.82. The van der Waals surface area contributed by atoms with E-state index in [2.05, 4.69) is 0 Å². The molecule has 0 aliphatic carbocycles. The molecule has 3 atom stereocenters. The monoisotopic (exact) mass is 311 g/mol. The van der Waals surface area contributed by atoms with Crippen molar-refractivity contribution in [2.24, 2.45) is 5.73 Å². The van der Waals surface area contributed by atoms with Crippen LogP contribution in [0, 0.1) is 0 Å². The molecule has 114 valence electrons. The summed E-state index contributed by atoms with van der Waals surface area (Å²) in [4.78, 5) is 11.1. The zero-order valence-electron chi connectivity index (χ0n) is 12.0. The van der Waals surface area contributed by atoms with E-state index in [1.807, 2.05) is 13.8 Å². The van der Waals surface area contributed by atoms with Crippen molar-refractivity contribution in [2.75, 3.05) is 0 Å². The van der Waals surface area contributed by atoms with Gasteiger partial charge in [0.1, 0.15) is 29.7 Å². The van der Waals surface area contributed by atoms with Crippen LogP contribution in [0.1, 0.15) is 30.5 Å². The van der Waals surface area contributed by atoms with Crippen LogP contribution < -0.4 is 15.2 Å². The maximum absolute atomic E-state index is 11.1. The van der Waals surface area contributed by atoms with E-state index in [-0.39, 0.29) is 18.6 Å². The smallest absolute Gasteiger partial charge is 0.320 e. The molecule has 3 N–H and O–H groups in total. The van der Waals surface area contributed by atoms with Gasteiger partial charge >= 0.3 is 5.97 Å². The number of hydrogen-bond acceptors (Lipinski definition) is 4. The molecule has 0 saturated heterocycles. The van der Waals surface area contributed by atoms with Gasteiger partial charge in [0.15, 0.2) is 0 Å². The Morgan fingerprint density at radius 2 is 1.86 bits per heavy atom. The second kappa shape index (κ2) is 5.07. The number of ether oxygens (including phenoxy) is 2. The highest BCUT2D eigenvalue weighted by Gasteiger charge is 2.35. The normalized spacial score (nSPS) is 24.0. The fraction of sp³-hybridized carbons (Fsp3) is 0.533. The molecule has 2 heterocycles. The topological polar surface area (TPSA) is 81.8 Å². The fourth-order valence-electron chi connectivity index (χ4n) is 3.07. The lowest BCUT2D eigenvalue weighted by molar-refractivity contribution is -0.138. The van der Waals surface area contributed by atoms with Gasteiger partial charge in [0, 0.05) is 36.0 Å². The number of halogens is 1. The van der Waals surface area contributed by atoms with Gasteiger partial charge in [-0.05, 0) is 13.8 Å². The Morgan fingerprint density at radius 3 is 2.48 bits per heavy atom. The number of nitrogens with two attached hydrogens (primary N) is 1. The number of aliphatic carboxylic acids is 1. The van der Waals surface area contributed by atoms with E-state index in [0.29, 0.717) is 29.4 Å². The van der Waals surface area contributed by atoms with Crippen LogP contribution in [0.4, 0.5) is 0 Å². The molecule has 2 aliphatic rings. The molecule has 0 fully saturated rings. The Labute approximate surface area is 128 Å². The van der Waals surface area contributed by atoms with Crippen LogP contribution in [0.25, 0.3) is 0 Å². The highest BCUT2D eigenvalue weighted by molar-refractivity contribution is 6.33. The summed E-state index contributed by atoms with van der Waals surface area (Å²) < 4.78 is 11.7. The molecule has 0 aromatic heterocycles. The van der Waals surface area contributed by atoms with Gasteiger partial charge in [-0.1, -0.05) is 11.6 Å². The molecule has 2 aliphatic heterocycles. The van der Waals surface area contributed by atoms with Gasteiger partial charge in [0.05, 0.1) is 5.02 Å². The maximum Gasteiger partial charge on any atom is 0.320 e. The molecule has 21 heavy (non-hydrogen) atoms. The Kier molecular flexibility index (Phi) is 3.50. The lowest BCUT2D eigenvalue weighted by atomic mass is 9.93. The summed E-state index contributed by atoms with van der Waals surface area (Å²) in [5.41, 5.74) is 8.40. The molecule has 0 radical (unpaired) electrons. The van der Waals surface area contributed by atoms with Gasteiger partial charge in [-0.2, -0.15) is 0 Å². The highest BCUT2D eigenvalue weighted by atomic mass is 35.5. The van der Waals surface area contributed by atoms with Crippen molar-refractivity contribution in [2.45, 2.75) is 51.4 Å². The molecule has 0 spiro atoms. The first kappa shape index (κ1) is 14.5. The lowest BCUT2D eigenvalue weighted by Crippen LogP contribution is -2.32.